The Labute approximate surface area is 154 Å². The van der Waals surface area contributed by atoms with Crippen molar-refractivity contribution in [3.63, 3.8) is 0 Å². The molecule has 0 radical (unpaired) electrons. The third-order valence-corrected chi connectivity index (χ3v) is 3.98. The highest BCUT2D eigenvalue weighted by atomic mass is 16.6. The molecule has 7 heteroatoms. The first-order valence-corrected chi connectivity index (χ1v) is 8.88. The maximum Gasteiger partial charge on any atom is 0.410 e. The number of carbonyl (C=O) groups is 2. The van der Waals surface area contributed by atoms with E-state index in [1.54, 1.807) is 20.8 Å². The molecule has 0 bridgehead atoms. The van der Waals surface area contributed by atoms with Crippen LogP contribution in [0.2, 0.25) is 0 Å². The highest BCUT2D eigenvalue weighted by Crippen LogP contribution is 2.15. The maximum atomic E-state index is 12.3. The summed E-state index contributed by atoms with van der Waals surface area (Å²) in [7, 11) is 0. The second-order valence-electron chi connectivity index (χ2n) is 7.45. The molecule has 7 nitrogen and oxygen atoms in total. The first-order valence-electron chi connectivity index (χ1n) is 8.88. The van der Waals surface area contributed by atoms with Gasteiger partial charge in [-0.1, -0.05) is 30.3 Å². The van der Waals surface area contributed by atoms with Gasteiger partial charge in [0.15, 0.2) is 0 Å². The van der Waals surface area contributed by atoms with Gasteiger partial charge in [0, 0.05) is 6.54 Å². The normalized spacial score (nSPS) is 20.8. The van der Waals surface area contributed by atoms with Crippen LogP contribution >= 0.6 is 0 Å². The highest BCUT2D eigenvalue weighted by Gasteiger charge is 2.30. The molecule has 1 aliphatic rings. The van der Waals surface area contributed by atoms with Gasteiger partial charge in [-0.2, -0.15) is 0 Å². The molecular formula is C19H28N2O5. The van der Waals surface area contributed by atoms with Crippen LogP contribution in [0.4, 0.5) is 9.59 Å². The Morgan fingerprint density at radius 1 is 1.27 bits per heavy atom. The van der Waals surface area contributed by atoms with Gasteiger partial charge in [0.1, 0.15) is 12.2 Å². The number of nitrogens with one attached hydrogen (secondary N) is 1. The quantitative estimate of drug-likeness (QED) is 0.861. The standard InChI is InChI=1S/C19H28N2O5/c1-19(2,3)26-17(23)20-15-10-7-11-21(12-16(15)22)18(24)25-13-14-8-5-4-6-9-14/h4-6,8-9,15-16,22H,7,10-13H2,1-3H3,(H,20,23)/t15?,16-/m1/s1. The predicted molar refractivity (Wildman–Crippen MR) is 96.6 cm³/mol. The average Bonchev–Trinajstić information content (AvgIpc) is 2.74. The molecule has 2 amide bonds. The van der Waals surface area contributed by atoms with Crippen molar-refractivity contribution in [3.8, 4) is 0 Å². The Balaban J connectivity index is 1.84. The van der Waals surface area contributed by atoms with E-state index in [-0.39, 0.29) is 13.2 Å². The summed E-state index contributed by atoms with van der Waals surface area (Å²) in [4.78, 5) is 25.7. The van der Waals surface area contributed by atoms with Crippen LogP contribution in [0.15, 0.2) is 30.3 Å². The largest absolute Gasteiger partial charge is 0.445 e. The fourth-order valence-corrected chi connectivity index (χ4v) is 2.74. The zero-order valence-corrected chi connectivity index (χ0v) is 15.6. The van der Waals surface area contributed by atoms with Gasteiger partial charge in [0.2, 0.25) is 0 Å². The first-order chi connectivity index (χ1) is 12.2. The van der Waals surface area contributed by atoms with Gasteiger partial charge in [-0.15, -0.1) is 0 Å². The van der Waals surface area contributed by atoms with Crippen LogP contribution in [0.1, 0.15) is 39.2 Å². The summed E-state index contributed by atoms with van der Waals surface area (Å²) in [6.45, 7) is 6.10. The number of aliphatic hydroxyl groups is 1. The minimum absolute atomic E-state index is 0.105. The number of nitrogens with zero attached hydrogens (tertiary/aromatic N) is 1. The molecule has 2 rings (SSSR count). The Kier molecular flexibility index (Phi) is 6.85. The molecule has 0 aliphatic carbocycles. The summed E-state index contributed by atoms with van der Waals surface area (Å²) < 4.78 is 10.5. The van der Waals surface area contributed by atoms with Crippen LogP contribution in [0.3, 0.4) is 0 Å². The molecule has 1 aliphatic heterocycles. The van der Waals surface area contributed by atoms with Crippen molar-refractivity contribution in [1.82, 2.24) is 10.2 Å². The van der Waals surface area contributed by atoms with E-state index in [1.165, 1.54) is 4.90 Å². The summed E-state index contributed by atoms with van der Waals surface area (Å²) in [5.41, 5.74) is 0.299. The number of alkyl carbamates (subject to hydrolysis) is 1. The zero-order valence-electron chi connectivity index (χ0n) is 15.6. The van der Waals surface area contributed by atoms with Crippen LogP contribution in [-0.2, 0) is 16.1 Å². The summed E-state index contributed by atoms with van der Waals surface area (Å²) >= 11 is 0. The number of rotatable bonds is 3. The van der Waals surface area contributed by atoms with E-state index in [2.05, 4.69) is 5.32 Å². The number of likely N-dealkylation sites (tertiary alicyclic amines) is 1. The minimum atomic E-state index is -0.880. The van der Waals surface area contributed by atoms with Gasteiger partial charge in [0.25, 0.3) is 0 Å². The number of aliphatic hydroxyl groups excluding tert-OH is 1. The molecule has 1 saturated heterocycles. The molecule has 1 aromatic rings. The Morgan fingerprint density at radius 2 is 1.96 bits per heavy atom. The molecule has 1 fully saturated rings. The van der Waals surface area contributed by atoms with Crippen molar-refractivity contribution in [2.24, 2.45) is 0 Å². The topological polar surface area (TPSA) is 88.1 Å². The molecule has 1 unspecified atom stereocenters. The van der Waals surface area contributed by atoms with Crippen molar-refractivity contribution >= 4 is 12.2 Å². The van der Waals surface area contributed by atoms with Gasteiger partial charge >= 0.3 is 12.2 Å². The number of hydrogen-bond donors (Lipinski definition) is 2. The van der Waals surface area contributed by atoms with Gasteiger partial charge in [-0.05, 0) is 39.2 Å². The van der Waals surface area contributed by atoms with E-state index in [1.807, 2.05) is 30.3 Å². The third kappa shape index (κ3) is 6.55. The number of hydrogen-bond acceptors (Lipinski definition) is 5. The Morgan fingerprint density at radius 3 is 2.62 bits per heavy atom. The van der Waals surface area contributed by atoms with E-state index < -0.39 is 29.9 Å². The van der Waals surface area contributed by atoms with Crippen molar-refractivity contribution in [2.75, 3.05) is 13.1 Å². The van der Waals surface area contributed by atoms with Crippen LogP contribution in [0.5, 0.6) is 0 Å². The van der Waals surface area contributed by atoms with Crippen LogP contribution in [0.25, 0.3) is 0 Å². The first kappa shape index (κ1) is 20.0. The Hall–Kier alpha value is -2.28. The Bertz CT molecular complexity index is 600. The molecule has 2 atom stereocenters. The average molecular weight is 364 g/mol. The van der Waals surface area contributed by atoms with Gasteiger partial charge in [-0.3, -0.25) is 0 Å². The summed E-state index contributed by atoms with van der Waals surface area (Å²) in [6.07, 6.45) is -0.706. The van der Waals surface area contributed by atoms with E-state index in [9.17, 15) is 14.7 Å². The summed E-state index contributed by atoms with van der Waals surface area (Å²) in [5, 5.41) is 13.1. The van der Waals surface area contributed by atoms with Crippen molar-refractivity contribution in [2.45, 2.75) is 58.0 Å². The lowest BCUT2D eigenvalue weighted by Gasteiger charge is -2.26. The lowest BCUT2D eigenvalue weighted by molar-refractivity contribution is 0.0382. The fourth-order valence-electron chi connectivity index (χ4n) is 2.74. The summed E-state index contributed by atoms with van der Waals surface area (Å²) in [6, 6.07) is 8.96. The molecule has 144 valence electrons. The number of amides is 2. The van der Waals surface area contributed by atoms with Crippen LogP contribution in [-0.4, -0.2) is 53.0 Å². The van der Waals surface area contributed by atoms with E-state index >= 15 is 0 Å². The molecular weight excluding hydrogens is 336 g/mol. The molecule has 0 spiro atoms. The molecule has 26 heavy (non-hydrogen) atoms. The third-order valence-electron chi connectivity index (χ3n) is 3.98. The lowest BCUT2D eigenvalue weighted by Crippen LogP contribution is -2.48. The van der Waals surface area contributed by atoms with E-state index in [4.69, 9.17) is 9.47 Å². The molecule has 2 N–H and O–H groups in total. The lowest BCUT2D eigenvalue weighted by atomic mass is 10.1. The molecule has 0 saturated carbocycles. The molecule has 1 heterocycles. The second kappa shape index (κ2) is 8.89. The van der Waals surface area contributed by atoms with Gasteiger partial charge in [-0.25, -0.2) is 9.59 Å². The number of carbonyl (C=O) groups excluding carboxylic acids is 2. The van der Waals surface area contributed by atoms with Crippen molar-refractivity contribution in [1.29, 1.82) is 0 Å². The van der Waals surface area contributed by atoms with Crippen LogP contribution in [0, 0.1) is 0 Å². The van der Waals surface area contributed by atoms with E-state index in [0.29, 0.717) is 19.4 Å². The SMILES string of the molecule is CC(C)(C)OC(=O)NC1CCCN(C(=O)OCc2ccccc2)C[C@H]1O. The number of benzene rings is 1. The number of β-amino-alcohol motifs (C(OH)–C–C–N with tert-alkyl or cyclic N) is 1. The molecule has 1 aromatic carbocycles. The maximum absolute atomic E-state index is 12.3. The smallest absolute Gasteiger partial charge is 0.410 e. The minimum Gasteiger partial charge on any atom is -0.445 e. The number of ether oxygens (including phenoxy) is 2. The molecule has 0 aromatic heterocycles. The van der Waals surface area contributed by atoms with Crippen molar-refractivity contribution < 1.29 is 24.2 Å². The van der Waals surface area contributed by atoms with Crippen LogP contribution < -0.4 is 5.32 Å². The highest BCUT2D eigenvalue weighted by molar-refractivity contribution is 5.69. The fraction of sp³-hybridized carbons (Fsp3) is 0.579. The van der Waals surface area contributed by atoms with E-state index in [0.717, 1.165) is 5.56 Å². The second-order valence-corrected chi connectivity index (χ2v) is 7.45. The zero-order chi connectivity index (χ0) is 19.2. The predicted octanol–water partition coefficient (Wildman–Crippen LogP) is 2.67. The van der Waals surface area contributed by atoms with Gasteiger partial charge < -0.3 is 24.8 Å². The van der Waals surface area contributed by atoms with Gasteiger partial charge in [0.05, 0.1) is 18.7 Å². The monoisotopic (exact) mass is 364 g/mol. The van der Waals surface area contributed by atoms with Crippen molar-refractivity contribution in [3.05, 3.63) is 35.9 Å². The summed E-state index contributed by atoms with van der Waals surface area (Å²) in [5.74, 6) is 0.